The average molecular weight is 486 g/mol. The summed E-state index contributed by atoms with van der Waals surface area (Å²) in [6.45, 7) is 3.81. The van der Waals surface area contributed by atoms with Crippen molar-refractivity contribution in [3.8, 4) is 5.75 Å². The summed E-state index contributed by atoms with van der Waals surface area (Å²) in [5, 5.41) is 5.25. The Hall–Kier alpha value is -3.38. The molecule has 6 nitrogen and oxygen atoms in total. The van der Waals surface area contributed by atoms with Crippen LogP contribution in [-0.2, 0) is 4.79 Å². The zero-order valence-corrected chi connectivity index (χ0v) is 21.0. The average Bonchev–Trinajstić information content (AvgIpc) is 3.47. The van der Waals surface area contributed by atoms with Crippen LogP contribution in [0.5, 0.6) is 5.75 Å². The quantitative estimate of drug-likeness (QED) is 0.529. The first-order chi connectivity index (χ1) is 17.6. The van der Waals surface area contributed by atoms with Crippen LogP contribution in [0.1, 0.15) is 47.6 Å². The molecule has 0 saturated carbocycles. The lowest BCUT2D eigenvalue weighted by atomic mass is 9.95. The largest absolute Gasteiger partial charge is 0.497 e. The molecule has 2 unspecified atom stereocenters. The number of amides is 2. The number of hydrogen-bond donors (Lipinski definition) is 1. The molecule has 3 aromatic rings. The first-order valence-electron chi connectivity index (χ1n) is 13.1. The Kier molecular flexibility index (Phi) is 7.52. The lowest BCUT2D eigenvalue weighted by Gasteiger charge is -2.33. The summed E-state index contributed by atoms with van der Waals surface area (Å²) in [6.07, 6.45) is 4.02. The highest BCUT2D eigenvalue weighted by Gasteiger charge is 2.31. The fourth-order valence-corrected chi connectivity index (χ4v) is 5.64. The van der Waals surface area contributed by atoms with Crippen LogP contribution < -0.4 is 10.1 Å². The molecule has 188 valence electrons. The second-order valence-corrected chi connectivity index (χ2v) is 9.89. The maximum absolute atomic E-state index is 13.4. The third-order valence-corrected chi connectivity index (χ3v) is 7.65. The molecular formula is C30H35N3O3. The minimum Gasteiger partial charge on any atom is -0.497 e. The molecule has 1 N–H and O–H groups in total. The number of carbonyl (C=O) groups excluding carboxylic acids is 2. The van der Waals surface area contributed by atoms with Gasteiger partial charge in [0.1, 0.15) is 5.75 Å². The van der Waals surface area contributed by atoms with Crippen molar-refractivity contribution in [3.05, 3.63) is 77.9 Å². The van der Waals surface area contributed by atoms with Crippen molar-refractivity contribution >= 4 is 22.6 Å². The van der Waals surface area contributed by atoms with E-state index in [0.29, 0.717) is 25.2 Å². The number of rotatable bonds is 7. The fourth-order valence-electron chi connectivity index (χ4n) is 5.64. The second kappa shape index (κ2) is 11.1. The minimum absolute atomic E-state index is 0.0116. The fraction of sp³-hybridized carbons (Fsp3) is 0.400. The van der Waals surface area contributed by atoms with Gasteiger partial charge in [0.05, 0.1) is 19.1 Å². The molecule has 2 aliphatic rings. The Morgan fingerprint density at radius 3 is 2.47 bits per heavy atom. The van der Waals surface area contributed by atoms with Gasteiger partial charge in [-0.2, -0.15) is 0 Å². The van der Waals surface area contributed by atoms with Crippen LogP contribution in [0.25, 0.3) is 10.8 Å². The molecule has 2 heterocycles. The van der Waals surface area contributed by atoms with E-state index in [4.69, 9.17) is 4.74 Å². The smallest absolute Gasteiger partial charge is 0.254 e. The van der Waals surface area contributed by atoms with Gasteiger partial charge >= 0.3 is 0 Å². The normalized spacial score (nSPS) is 19.2. The van der Waals surface area contributed by atoms with Gasteiger partial charge in [0, 0.05) is 25.2 Å². The summed E-state index contributed by atoms with van der Waals surface area (Å²) in [4.78, 5) is 31.0. The van der Waals surface area contributed by atoms with Gasteiger partial charge in [-0.1, -0.05) is 48.5 Å². The second-order valence-electron chi connectivity index (χ2n) is 9.89. The predicted octanol–water partition coefficient (Wildman–Crippen LogP) is 4.65. The van der Waals surface area contributed by atoms with Crippen molar-refractivity contribution in [1.29, 1.82) is 0 Å². The maximum Gasteiger partial charge on any atom is 0.254 e. The molecule has 0 radical (unpaired) electrons. The molecule has 0 bridgehead atoms. The molecule has 2 atom stereocenters. The molecule has 2 saturated heterocycles. The molecule has 2 fully saturated rings. The van der Waals surface area contributed by atoms with Gasteiger partial charge in [-0.25, -0.2) is 0 Å². The highest BCUT2D eigenvalue weighted by atomic mass is 16.5. The molecule has 3 aromatic carbocycles. The number of benzene rings is 3. The molecule has 0 aliphatic carbocycles. The summed E-state index contributed by atoms with van der Waals surface area (Å²) in [7, 11) is 1.67. The van der Waals surface area contributed by atoms with E-state index in [2.05, 4.69) is 22.3 Å². The lowest BCUT2D eigenvalue weighted by molar-refractivity contribution is -0.126. The van der Waals surface area contributed by atoms with Gasteiger partial charge in [-0.3, -0.25) is 14.5 Å². The van der Waals surface area contributed by atoms with Crippen molar-refractivity contribution in [2.24, 2.45) is 5.92 Å². The van der Waals surface area contributed by atoms with Crippen LogP contribution >= 0.6 is 0 Å². The number of nitrogens with one attached hydrogen (secondary N) is 1. The van der Waals surface area contributed by atoms with Crippen LogP contribution in [-0.4, -0.2) is 61.4 Å². The van der Waals surface area contributed by atoms with Crippen LogP contribution in [0.4, 0.5) is 0 Å². The Morgan fingerprint density at radius 2 is 1.69 bits per heavy atom. The summed E-state index contributed by atoms with van der Waals surface area (Å²) in [5.41, 5.74) is 1.90. The van der Waals surface area contributed by atoms with Gasteiger partial charge in [-0.05, 0) is 73.3 Å². The first kappa shape index (κ1) is 24.3. The van der Waals surface area contributed by atoms with Crippen LogP contribution in [0.3, 0.4) is 0 Å². The first-order valence-corrected chi connectivity index (χ1v) is 13.1. The number of hydrogen-bond acceptors (Lipinski definition) is 4. The monoisotopic (exact) mass is 485 g/mol. The molecule has 2 amide bonds. The number of likely N-dealkylation sites (tertiary alicyclic amines) is 2. The van der Waals surface area contributed by atoms with Gasteiger partial charge in [0.25, 0.3) is 5.91 Å². The Labute approximate surface area is 213 Å². The van der Waals surface area contributed by atoms with E-state index in [0.717, 1.165) is 42.5 Å². The number of carbonyl (C=O) groups is 2. The van der Waals surface area contributed by atoms with Crippen molar-refractivity contribution in [1.82, 2.24) is 15.1 Å². The molecule has 0 spiro atoms. The standard InChI is InChI=1S/C30H35N3O3/c1-36-25-15-13-23(14-16-25)28(32-17-4-5-18-32)20-31-29(34)24-10-7-19-33(21-24)30(35)27-12-6-9-22-8-2-3-11-26(22)27/h2-3,6,8-9,11-16,24,28H,4-5,7,10,17-21H2,1H3,(H,31,34). The van der Waals surface area contributed by atoms with Crippen molar-refractivity contribution in [2.75, 3.05) is 39.8 Å². The van der Waals surface area contributed by atoms with Crippen LogP contribution in [0.15, 0.2) is 66.7 Å². The summed E-state index contributed by atoms with van der Waals surface area (Å²) in [5.74, 6) is 0.703. The predicted molar refractivity (Wildman–Crippen MR) is 142 cm³/mol. The molecular weight excluding hydrogens is 450 g/mol. The zero-order valence-electron chi connectivity index (χ0n) is 21.0. The summed E-state index contributed by atoms with van der Waals surface area (Å²) in [6, 6.07) is 22.1. The Morgan fingerprint density at radius 1 is 0.944 bits per heavy atom. The van der Waals surface area contributed by atoms with Gasteiger partial charge in [0.2, 0.25) is 5.91 Å². The van der Waals surface area contributed by atoms with E-state index in [9.17, 15) is 9.59 Å². The van der Waals surface area contributed by atoms with Crippen molar-refractivity contribution in [2.45, 2.75) is 31.7 Å². The highest BCUT2D eigenvalue weighted by Crippen LogP contribution is 2.27. The third-order valence-electron chi connectivity index (χ3n) is 7.65. The van der Waals surface area contributed by atoms with Crippen molar-refractivity contribution in [3.63, 3.8) is 0 Å². The molecule has 2 aliphatic heterocycles. The van der Waals surface area contributed by atoms with Gasteiger partial charge in [-0.15, -0.1) is 0 Å². The van der Waals surface area contributed by atoms with Gasteiger partial charge < -0.3 is 15.0 Å². The van der Waals surface area contributed by atoms with E-state index < -0.39 is 0 Å². The third kappa shape index (κ3) is 5.24. The Balaban J connectivity index is 1.25. The van der Waals surface area contributed by atoms with Crippen LogP contribution in [0.2, 0.25) is 0 Å². The number of methoxy groups -OCH3 is 1. The number of piperidine rings is 1. The lowest BCUT2D eigenvalue weighted by Crippen LogP contribution is -2.47. The van der Waals surface area contributed by atoms with Crippen LogP contribution in [0, 0.1) is 5.92 Å². The Bertz CT molecular complexity index is 1200. The van der Waals surface area contributed by atoms with E-state index in [-0.39, 0.29) is 23.8 Å². The van der Waals surface area contributed by atoms with E-state index in [1.165, 1.54) is 18.4 Å². The van der Waals surface area contributed by atoms with Crippen molar-refractivity contribution < 1.29 is 14.3 Å². The number of ether oxygens (including phenoxy) is 1. The molecule has 6 heteroatoms. The topological polar surface area (TPSA) is 61.9 Å². The molecule has 5 rings (SSSR count). The SMILES string of the molecule is COc1ccc(C(CNC(=O)C2CCCN(C(=O)c3cccc4ccccc34)C2)N2CCCC2)cc1. The minimum atomic E-state index is -0.187. The number of nitrogens with zero attached hydrogens (tertiary/aromatic N) is 2. The highest BCUT2D eigenvalue weighted by molar-refractivity contribution is 6.07. The maximum atomic E-state index is 13.4. The van der Waals surface area contributed by atoms with E-state index in [1.807, 2.05) is 59.5 Å². The van der Waals surface area contributed by atoms with E-state index in [1.54, 1.807) is 7.11 Å². The molecule has 36 heavy (non-hydrogen) atoms. The van der Waals surface area contributed by atoms with E-state index >= 15 is 0 Å². The number of fused-ring (bicyclic) bond motifs is 1. The zero-order chi connectivity index (χ0) is 24.9. The summed E-state index contributed by atoms with van der Waals surface area (Å²) < 4.78 is 5.32. The van der Waals surface area contributed by atoms with Gasteiger partial charge in [0.15, 0.2) is 0 Å². The summed E-state index contributed by atoms with van der Waals surface area (Å²) >= 11 is 0. The molecule has 0 aromatic heterocycles.